The second-order valence-electron chi connectivity index (χ2n) is 5.23. The van der Waals surface area contributed by atoms with E-state index >= 15 is 0 Å². The van der Waals surface area contributed by atoms with Gasteiger partial charge in [0.25, 0.3) is 0 Å². The number of amides is 1. The third-order valence-electron chi connectivity index (χ3n) is 3.22. The molecule has 5 nitrogen and oxygen atoms in total. The lowest BCUT2D eigenvalue weighted by atomic mass is 10.2. The maximum Gasteiger partial charge on any atom is 0.238 e. The molecule has 5 heteroatoms. The molecule has 1 heterocycles. The first kappa shape index (κ1) is 14.8. The molecule has 1 amide bonds. The molecule has 0 unspecified atom stereocenters. The van der Waals surface area contributed by atoms with Crippen molar-refractivity contribution in [3.05, 3.63) is 24.3 Å². The van der Waals surface area contributed by atoms with Crippen LogP contribution in [0.4, 0.5) is 5.69 Å². The molecule has 0 saturated carbocycles. The van der Waals surface area contributed by atoms with Crippen LogP contribution in [0.2, 0.25) is 0 Å². The molecule has 20 heavy (non-hydrogen) atoms. The van der Waals surface area contributed by atoms with Crippen LogP contribution in [0.15, 0.2) is 24.3 Å². The molecule has 1 saturated heterocycles. The second kappa shape index (κ2) is 6.72. The van der Waals surface area contributed by atoms with Gasteiger partial charge in [0.1, 0.15) is 5.75 Å². The number of benzene rings is 1. The lowest BCUT2D eigenvalue weighted by Crippen LogP contribution is -2.48. The molecule has 0 aliphatic carbocycles. The predicted molar refractivity (Wildman–Crippen MR) is 78.1 cm³/mol. The van der Waals surface area contributed by atoms with Crippen LogP contribution >= 0.6 is 0 Å². The zero-order chi connectivity index (χ0) is 14.5. The van der Waals surface area contributed by atoms with E-state index in [0.29, 0.717) is 6.54 Å². The Hall–Kier alpha value is -1.59. The molecule has 0 bridgehead atoms. The monoisotopic (exact) mass is 278 g/mol. The van der Waals surface area contributed by atoms with Gasteiger partial charge in [0, 0.05) is 24.8 Å². The van der Waals surface area contributed by atoms with Crippen molar-refractivity contribution < 1.29 is 14.3 Å². The Bertz CT molecular complexity index is 454. The summed E-state index contributed by atoms with van der Waals surface area (Å²) < 4.78 is 10.8. The number of carbonyl (C=O) groups is 1. The lowest BCUT2D eigenvalue weighted by molar-refractivity contribution is -0.121. The van der Waals surface area contributed by atoms with Crippen molar-refractivity contribution in [2.45, 2.75) is 26.1 Å². The highest BCUT2D eigenvalue weighted by Crippen LogP contribution is 2.17. The first-order chi connectivity index (χ1) is 9.56. The quantitative estimate of drug-likeness (QED) is 0.911. The normalized spacial score (nSPS) is 23.4. The van der Waals surface area contributed by atoms with Gasteiger partial charge < -0.3 is 14.8 Å². The number of anilines is 1. The minimum absolute atomic E-state index is 0.0143. The Morgan fingerprint density at radius 3 is 2.75 bits per heavy atom. The Kier molecular flexibility index (Phi) is 4.98. The molecule has 0 radical (unpaired) electrons. The summed E-state index contributed by atoms with van der Waals surface area (Å²) in [4.78, 5) is 14.2. The first-order valence-electron chi connectivity index (χ1n) is 6.88. The largest absolute Gasteiger partial charge is 0.497 e. The van der Waals surface area contributed by atoms with Gasteiger partial charge in [-0.25, -0.2) is 0 Å². The fourth-order valence-electron chi connectivity index (χ4n) is 2.52. The summed E-state index contributed by atoms with van der Waals surface area (Å²) in [6.07, 6.45) is 0.340. The Morgan fingerprint density at radius 2 is 2.10 bits per heavy atom. The van der Waals surface area contributed by atoms with Gasteiger partial charge in [-0.05, 0) is 26.0 Å². The van der Waals surface area contributed by atoms with Crippen molar-refractivity contribution in [3.8, 4) is 5.75 Å². The number of hydrogen-bond donors (Lipinski definition) is 1. The van der Waals surface area contributed by atoms with Crippen molar-refractivity contribution in [1.29, 1.82) is 0 Å². The molecular weight excluding hydrogens is 256 g/mol. The highest BCUT2D eigenvalue weighted by atomic mass is 16.5. The SMILES string of the molecule is COc1cccc(NC(=O)CN2C[C@@H](C)O[C@@H](C)C2)c1. The van der Waals surface area contributed by atoms with Crippen LogP contribution in [0, 0.1) is 0 Å². The zero-order valence-electron chi connectivity index (χ0n) is 12.3. The molecule has 0 aromatic heterocycles. The van der Waals surface area contributed by atoms with Gasteiger partial charge in [0.15, 0.2) is 0 Å². The molecule has 0 spiro atoms. The van der Waals surface area contributed by atoms with Crippen LogP contribution in [0.3, 0.4) is 0 Å². The first-order valence-corrected chi connectivity index (χ1v) is 6.88. The standard InChI is InChI=1S/C15H22N2O3/c1-11-8-17(9-12(2)20-11)10-15(18)16-13-5-4-6-14(7-13)19-3/h4-7,11-12H,8-10H2,1-3H3,(H,16,18)/t11-,12+. The molecule has 2 atom stereocenters. The fraction of sp³-hybridized carbons (Fsp3) is 0.533. The number of rotatable bonds is 4. The topological polar surface area (TPSA) is 50.8 Å². The van der Waals surface area contributed by atoms with E-state index < -0.39 is 0 Å². The van der Waals surface area contributed by atoms with Crippen LogP contribution in [0.5, 0.6) is 5.75 Å². The van der Waals surface area contributed by atoms with Gasteiger partial charge in [0.05, 0.1) is 25.9 Å². The van der Waals surface area contributed by atoms with Gasteiger partial charge in [-0.15, -0.1) is 0 Å². The van der Waals surface area contributed by atoms with E-state index in [9.17, 15) is 4.79 Å². The van der Waals surface area contributed by atoms with Crippen molar-refractivity contribution in [2.24, 2.45) is 0 Å². The number of carbonyl (C=O) groups excluding carboxylic acids is 1. The number of methoxy groups -OCH3 is 1. The number of nitrogens with one attached hydrogen (secondary N) is 1. The Morgan fingerprint density at radius 1 is 1.40 bits per heavy atom. The van der Waals surface area contributed by atoms with Gasteiger partial charge in [-0.3, -0.25) is 9.69 Å². The summed E-state index contributed by atoms with van der Waals surface area (Å²) in [5, 5.41) is 2.89. The third-order valence-corrected chi connectivity index (χ3v) is 3.22. The van der Waals surface area contributed by atoms with Crippen LogP contribution in [-0.4, -0.2) is 49.8 Å². The molecule has 2 rings (SSSR count). The Labute approximate surface area is 119 Å². The van der Waals surface area contributed by atoms with E-state index in [0.717, 1.165) is 24.5 Å². The summed E-state index contributed by atoms with van der Waals surface area (Å²) in [7, 11) is 1.61. The van der Waals surface area contributed by atoms with Crippen molar-refractivity contribution >= 4 is 11.6 Å². The number of ether oxygens (including phenoxy) is 2. The van der Waals surface area contributed by atoms with Gasteiger partial charge in [0.2, 0.25) is 5.91 Å². The van der Waals surface area contributed by atoms with Gasteiger partial charge >= 0.3 is 0 Å². The minimum Gasteiger partial charge on any atom is -0.497 e. The van der Waals surface area contributed by atoms with Gasteiger partial charge in [-0.1, -0.05) is 6.07 Å². The maximum absolute atomic E-state index is 12.1. The smallest absolute Gasteiger partial charge is 0.238 e. The summed E-state index contributed by atoms with van der Waals surface area (Å²) in [6.45, 7) is 6.02. The fourth-order valence-corrected chi connectivity index (χ4v) is 2.52. The van der Waals surface area contributed by atoms with E-state index in [2.05, 4.69) is 10.2 Å². The van der Waals surface area contributed by atoms with Crippen LogP contribution in [-0.2, 0) is 9.53 Å². The van der Waals surface area contributed by atoms with E-state index in [1.165, 1.54) is 0 Å². The summed E-state index contributed by atoms with van der Waals surface area (Å²) in [5.41, 5.74) is 0.753. The maximum atomic E-state index is 12.1. The van der Waals surface area contributed by atoms with Crippen molar-refractivity contribution in [1.82, 2.24) is 4.90 Å². The highest BCUT2D eigenvalue weighted by molar-refractivity contribution is 5.92. The van der Waals surface area contributed by atoms with E-state index in [4.69, 9.17) is 9.47 Å². The lowest BCUT2D eigenvalue weighted by Gasteiger charge is -2.34. The van der Waals surface area contributed by atoms with Gasteiger partial charge in [-0.2, -0.15) is 0 Å². The molecule has 1 aromatic rings. The van der Waals surface area contributed by atoms with Crippen molar-refractivity contribution in [2.75, 3.05) is 32.1 Å². The summed E-state index contributed by atoms with van der Waals surface area (Å²) >= 11 is 0. The minimum atomic E-state index is -0.0143. The van der Waals surface area contributed by atoms with E-state index in [1.54, 1.807) is 7.11 Å². The predicted octanol–water partition coefficient (Wildman–Crippen LogP) is 1.74. The molecule has 1 aliphatic rings. The van der Waals surface area contributed by atoms with Crippen LogP contribution < -0.4 is 10.1 Å². The van der Waals surface area contributed by atoms with E-state index in [-0.39, 0.29) is 18.1 Å². The molecule has 1 N–H and O–H groups in total. The highest BCUT2D eigenvalue weighted by Gasteiger charge is 2.23. The van der Waals surface area contributed by atoms with Crippen molar-refractivity contribution in [3.63, 3.8) is 0 Å². The molecule has 1 aliphatic heterocycles. The molecule has 1 fully saturated rings. The van der Waals surface area contributed by atoms with Crippen LogP contribution in [0.25, 0.3) is 0 Å². The van der Waals surface area contributed by atoms with Crippen LogP contribution in [0.1, 0.15) is 13.8 Å². The number of hydrogen-bond acceptors (Lipinski definition) is 4. The second-order valence-corrected chi connectivity index (χ2v) is 5.23. The number of nitrogens with zero attached hydrogens (tertiary/aromatic N) is 1. The molecular formula is C15H22N2O3. The number of morpholine rings is 1. The molecule has 1 aromatic carbocycles. The summed E-state index contributed by atoms with van der Waals surface area (Å²) in [6, 6.07) is 7.36. The summed E-state index contributed by atoms with van der Waals surface area (Å²) in [5.74, 6) is 0.718. The average molecular weight is 278 g/mol. The Balaban J connectivity index is 1.88. The average Bonchev–Trinajstić information content (AvgIpc) is 2.37. The van der Waals surface area contributed by atoms with E-state index in [1.807, 2.05) is 38.1 Å². The molecule has 110 valence electrons. The zero-order valence-corrected chi connectivity index (χ0v) is 12.3. The third kappa shape index (κ3) is 4.21.